The van der Waals surface area contributed by atoms with Crippen LogP contribution < -0.4 is 15.5 Å². The van der Waals surface area contributed by atoms with Gasteiger partial charge in [-0.05, 0) is 19.1 Å². The Balaban J connectivity index is 1.61. The molecule has 30 heavy (non-hydrogen) atoms. The summed E-state index contributed by atoms with van der Waals surface area (Å²) in [5.74, 6) is 3.41. The van der Waals surface area contributed by atoms with E-state index >= 15 is 0 Å². The number of hydrogen-bond acceptors (Lipinski definition) is 7. The zero-order valence-electron chi connectivity index (χ0n) is 18.4. The lowest BCUT2D eigenvalue weighted by atomic mass is 10.3. The van der Waals surface area contributed by atoms with Gasteiger partial charge in [0.1, 0.15) is 11.6 Å². The van der Waals surface area contributed by atoms with Crippen LogP contribution in [0.2, 0.25) is 0 Å². The smallest absolute Gasteiger partial charge is 0.192 e. The summed E-state index contributed by atoms with van der Waals surface area (Å²) >= 11 is 0. The first-order valence-corrected chi connectivity index (χ1v) is 10.3. The molecule has 2 aromatic heterocycles. The average Bonchev–Trinajstić information content (AvgIpc) is 3.08. The van der Waals surface area contributed by atoms with Gasteiger partial charge in [-0.25, -0.2) is 9.98 Å². The van der Waals surface area contributed by atoms with E-state index in [1.165, 1.54) is 0 Å². The number of rotatable bonds is 8. The molecule has 0 spiro atoms. The van der Waals surface area contributed by atoms with Gasteiger partial charge in [-0.3, -0.25) is 4.90 Å². The number of aromatic nitrogens is 4. The molecule has 2 N–H and O–H groups in total. The maximum Gasteiger partial charge on any atom is 0.192 e. The minimum absolute atomic E-state index is 0.492. The van der Waals surface area contributed by atoms with Crippen LogP contribution in [-0.4, -0.2) is 84.1 Å². The summed E-state index contributed by atoms with van der Waals surface area (Å²) in [6.07, 6.45) is 0. The molecule has 0 bridgehead atoms. The molecule has 0 radical (unpaired) electrons. The van der Waals surface area contributed by atoms with Gasteiger partial charge in [0.05, 0.1) is 32.0 Å². The highest BCUT2D eigenvalue weighted by Crippen LogP contribution is 2.08. The molecule has 0 saturated carbocycles. The molecule has 0 atom stereocenters. The fourth-order valence-electron chi connectivity index (χ4n) is 3.06. The van der Waals surface area contributed by atoms with E-state index in [9.17, 15) is 0 Å². The van der Waals surface area contributed by atoms with Gasteiger partial charge >= 0.3 is 0 Å². The summed E-state index contributed by atoms with van der Waals surface area (Å²) in [7, 11) is 5.93. The first-order chi connectivity index (χ1) is 14.5. The lowest BCUT2D eigenvalue weighted by Crippen LogP contribution is -2.44. The predicted octanol–water partition coefficient (Wildman–Crippen LogP) is 0.152. The Morgan fingerprint density at radius 2 is 2.00 bits per heavy atom. The van der Waals surface area contributed by atoms with E-state index in [0.717, 1.165) is 68.5 Å². The second-order valence-corrected chi connectivity index (χ2v) is 7.50. The van der Waals surface area contributed by atoms with E-state index in [1.807, 2.05) is 55.7 Å². The van der Waals surface area contributed by atoms with Crippen LogP contribution in [0.15, 0.2) is 23.2 Å². The Labute approximate surface area is 178 Å². The topological polar surface area (TPSA) is 95.7 Å². The summed E-state index contributed by atoms with van der Waals surface area (Å²) in [5.41, 5.74) is 0.921. The zero-order valence-corrected chi connectivity index (χ0v) is 18.4. The van der Waals surface area contributed by atoms with E-state index in [4.69, 9.17) is 9.73 Å². The first-order valence-electron chi connectivity index (χ1n) is 10.3. The summed E-state index contributed by atoms with van der Waals surface area (Å²) in [4.78, 5) is 13.8. The van der Waals surface area contributed by atoms with Crippen LogP contribution >= 0.6 is 0 Å². The van der Waals surface area contributed by atoms with Crippen molar-refractivity contribution in [3.05, 3.63) is 35.5 Å². The van der Waals surface area contributed by atoms with E-state index in [2.05, 4.69) is 30.7 Å². The molecule has 164 valence electrons. The third kappa shape index (κ3) is 6.39. The maximum atomic E-state index is 5.42. The number of pyridine rings is 1. The van der Waals surface area contributed by atoms with E-state index in [0.29, 0.717) is 13.1 Å². The second kappa shape index (κ2) is 10.9. The largest absolute Gasteiger partial charge is 0.379 e. The monoisotopic (exact) mass is 415 g/mol. The highest BCUT2D eigenvalue weighted by molar-refractivity contribution is 5.79. The molecule has 10 heteroatoms. The molecule has 10 nitrogen and oxygen atoms in total. The second-order valence-electron chi connectivity index (χ2n) is 7.50. The fraction of sp³-hybridized carbons (Fsp3) is 0.600. The van der Waals surface area contributed by atoms with Gasteiger partial charge in [-0.1, -0.05) is 6.07 Å². The van der Waals surface area contributed by atoms with E-state index in [1.54, 1.807) is 0 Å². The molecule has 1 saturated heterocycles. The molecule has 3 heterocycles. The Hall–Kier alpha value is -2.72. The number of guanidine groups is 1. The fourth-order valence-corrected chi connectivity index (χ4v) is 3.06. The van der Waals surface area contributed by atoms with Crippen molar-refractivity contribution in [2.24, 2.45) is 12.0 Å². The van der Waals surface area contributed by atoms with E-state index < -0.39 is 0 Å². The third-order valence-electron chi connectivity index (χ3n) is 5.07. The molecular formula is C20H33N9O. The highest BCUT2D eigenvalue weighted by Gasteiger charge is 2.11. The van der Waals surface area contributed by atoms with Gasteiger partial charge in [0.15, 0.2) is 11.8 Å². The van der Waals surface area contributed by atoms with Crippen molar-refractivity contribution in [1.82, 2.24) is 35.3 Å². The molecule has 0 unspecified atom stereocenters. The maximum absolute atomic E-state index is 5.42. The van der Waals surface area contributed by atoms with Gasteiger partial charge in [-0.15, -0.1) is 10.2 Å². The number of aryl methyl sites for hydroxylation is 1. The van der Waals surface area contributed by atoms with Crippen LogP contribution in [0.4, 0.5) is 5.82 Å². The van der Waals surface area contributed by atoms with Crippen molar-refractivity contribution in [2.75, 3.05) is 58.4 Å². The average molecular weight is 416 g/mol. The van der Waals surface area contributed by atoms with Crippen LogP contribution in [0, 0.1) is 6.92 Å². The minimum Gasteiger partial charge on any atom is -0.379 e. The Morgan fingerprint density at radius 3 is 2.70 bits per heavy atom. The summed E-state index contributed by atoms with van der Waals surface area (Å²) in [6.45, 7) is 8.28. The summed E-state index contributed by atoms with van der Waals surface area (Å²) < 4.78 is 7.39. The minimum atomic E-state index is 0.492. The molecular weight excluding hydrogens is 382 g/mol. The number of nitrogens with zero attached hydrogens (tertiary/aromatic N) is 7. The number of ether oxygens (including phenoxy) is 1. The van der Waals surface area contributed by atoms with Gasteiger partial charge in [0.25, 0.3) is 0 Å². The number of morpholine rings is 1. The highest BCUT2D eigenvalue weighted by atomic mass is 16.5. The summed E-state index contributed by atoms with van der Waals surface area (Å²) in [5, 5.41) is 15.1. The van der Waals surface area contributed by atoms with E-state index in [-0.39, 0.29) is 0 Å². The zero-order chi connectivity index (χ0) is 21.3. The van der Waals surface area contributed by atoms with Crippen LogP contribution in [0.1, 0.15) is 17.3 Å². The van der Waals surface area contributed by atoms with Gasteiger partial charge in [0, 0.05) is 47.3 Å². The van der Waals surface area contributed by atoms with Crippen molar-refractivity contribution in [3.8, 4) is 0 Å². The third-order valence-corrected chi connectivity index (χ3v) is 5.07. The van der Waals surface area contributed by atoms with Crippen molar-refractivity contribution < 1.29 is 4.74 Å². The SMILES string of the molecule is Cc1nnc(CNC(=NCc2cccc(N(C)C)n2)NCCN2CCOCC2)n1C. The molecule has 0 amide bonds. The van der Waals surface area contributed by atoms with Crippen LogP contribution in [-0.2, 0) is 24.9 Å². The molecule has 1 aliphatic heterocycles. The lowest BCUT2D eigenvalue weighted by Gasteiger charge is -2.26. The molecule has 1 aliphatic rings. The van der Waals surface area contributed by atoms with Gasteiger partial charge < -0.3 is 24.8 Å². The number of hydrogen-bond donors (Lipinski definition) is 2. The molecule has 2 aromatic rings. The lowest BCUT2D eigenvalue weighted by molar-refractivity contribution is 0.0389. The van der Waals surface area contributed by atoms with Crippen LogP contribution in [0.5, 0.6) is 0 Å². The van der Waals surface area contributed by atoms with Crippen molar-refractivity contribution >= 4 is 11.8 Å². The van der Waals surface area contributed by atoms with Crippen LogP contribution in [0.3, 0.4) is 0 Å². The van der Waals surface area contributed by atoms with Crippen LogP contribution in [0.25, 0.3) is 0 Å². The predicted molar refractivity (Wildman–Crippen MR) is 118 cm³/mol. The number of anilines is 1. The Morgan fingerprint density at radius 1 is 1.20 bits per heavy atom. The Bertz CT molecular complexity index is 827. The van der Waals surface area contributed by atoms with Crippen molar-refractivity contribution in [3.63, 3.8) is 0 Å². The molecule has 0 aliphatic carbocycles. The standard InChI is InChI=1S/C20H33N9O/c1-16-25-26-19(28(16)4)15-23-20(21-8-9-29-10-12-30-13-11-29)22-14-17-6-5-7-18(24-17)27(2)3/h5-7H,8-15H2,1-4H3,(H2,21,22,23). The molecule has 1 fully saturated rings. The van der Waals surface area contributed by atoms with Gasteiger partial charge in [-0.2, -0.15) is 0 Å². The summed E-state index contributed by atoms with van der Waals surface area (Å²) in [6, 6.07) is 5.99. The van der Waals surface area contributed by atoms with Crippen molar-refractivity contribution in [1.29, 1.82) is 0 Å². The first kappa shape index (κ1) is 22.0. The quantitative estimate of drug-likeness (QED) is 0.465. The molecule has 3 rings (SSSR count). The number of nitrogens with one attached hydrogen (secondary N) is 2. The Kier molecular flexibility index (Phi) is 7.97. The van der Waals surface area contributed by atoms with Gasteiger partial charge in [0.2, 0.25) is 0 Å². The number of aliphatic imine (C=N–C) groups is 1. The molecule has 0 aromatic carbocycles. The van der Waals surface area contributed by atoms with Crippen molar-refractivity contribution in [2.45, 2.75) is 20.0 Å². The normalized spacial score (nSPS) is 15.3.